The average molecular weight is 250 g/mol. The number of rotatable bonds is 4. The molecule has 1 unspecified atom stereocenters. The van der Waals surface area contributed by atoms with Gasteiger partial charge in [-0.15, -0.1) is 11.3 Å². The number of aryl methyl sites for hydroxylation is 1. The Bertz CT molecular complexity index is 490. The van der Waals surface area contributed by atoms with Gasteiger partial charge in [-0.2, -0.15) is 0 Å². The van der Waals surface area contributed by atoms with Gasteiger partial charge in [0.15, 0.2) is 5.76 Å². The minimum absolute atomic E-state index is 0.0992. The van der Waals surface area contributed by atoms with Crippen LogP contribution in [-0.4, -0.2) is 10.9 Å². The van der Waals surface area contributed by atoms with Crippen LogP contribution in [0.15, 0.2) is 29.0 Å². The standard InChI is InChI=1S/C12H14N2O2S/c1-3-9-7-13-12(17-9)8(2)14-11(15)10-5-4-6-16-10/h4-8H,3H2,1-2H3,(H,14,15). The second kappa shape index (κ2) is 5.14. The highest BCUT2D eigenvalue weighted by molar-refractivity contribution is 7.11. The third kappa shape index (κ3) is 2.74. The van der Waals surface area contributed by atoms with Gasteiger partial charge < -0.3 is 9.73 Å². The van der Waals surface area contributed by atoms with Crippen molar-refractivity contribution in [2.45, 2.75) is 26.3 Å². The number of thiazole rings is 1. The van der Waals surface area contributed by atoms with E-state index in [0.29, 0.717) is 5.76 Å². The smallest absolute Gasteiger partial charge is 0.287 e. The molecule has 2 aromatic heterocycles. The van der Waals surface area contributed by atoms with Crippen LogP contribution in [0, 0.1) is 0 Å². The molecule has 0 spiro atoms. The van der Waals surface area contributed by atoms with Crippen molar-refractivity contribution in [3.8, 4) is 0 Å². The van der Waals surface area contributed by atoms with Gasteiger partial charge in [-0.05, 0) is 25.5 Å². The van der Waals surface area contributed by atoms with Crippen LogP contribution in [0.2, 0.25) is 0 Å². The first kappa shape index (κ1) is 11.9. The Kier molecular flexibility index (Phi) is 3.58. The Labute approximate surface area is 104 Å². The van der Waals surface area contributed by atoms with Gasteiger partial charge in [-0.3, -0.25) is 4.79 Å². The summed E-state index contributed by atoms with van der Waals surface area (Å²) in [6.45, 7) is 4.00. The molecule has 5 heteroatoms. The van der Waals surface area contributed by atoms with E-state index in [1.807, 2.05) is 13.1 Å². The number of hydrogen-bond donors (Lipinski definition) is 1. The van der Waals surface area contributed by atoms with Gasteiger partial charge in [-0.25, -0.2) is 4.98 Å². The molecule has 0 saturated heterocycles. The summed E-state index contributed by atoms with van der Waals surface area (Å²) in [5.74, 6) is 0.111. The molecule has 0 aliphatic carbocycles. The number of nitrogens with one attached hydrogen (secondary N) is 1. The molecular weight excluding hydrogens is 236 g/mol. The average Bonchev–Trinajstić information content (AvgIpc) is 3.00. The summed E-state index contributed by atoms with van der Waals surface area (Å²) in [7, 11) is 0. The molecule has 90 valence electrons. The Morgan fingerprint density at radius 3 is 3.06 bits per heavy atom. The fourth-order valence-electron chi connectivity index (χ4n) is 1.42. The summed E-state index contributed by atoms with van der Waals surface area (Å²) in [5.41, 5.74) is 0. The van der Waals surface area contributed by atoms with Gasteiger partial charge in [0.25, 0.3) is 5.91 Å². The maximum Gasteiger partial charge on any atom is 0.287 e. The summed E-state index contributed by atoms with van der Waals surface area (Å²) in [5, 5.41) is 3.77. The van der Waals surface area contributed by atoms with Gasteiger partial charge in [0.2, 0.25) is 0 Å². The number of hydrogen-bond acceptors (Lipinski definition) is 4. The van der Waals surface area contributed by atoms with E-state index < -0.39 is 0 Å². The molecular formula is C12H14N2O2S. The predicted octanol–water partition coefficient (Wildman–Crippen LogP) is 2.79. The van der Waals surface area contributed by atoms with Crippen LogP contribution in [0.4, 0.5) is 0 Å². The zero-order chi connectivity index (χ0) is 12.3. The number of aromatic nitrogens is 1. The molecule has 0 bridgehead atoms. The quantitative estimate of drug-likeness (QED) is 0.907. The molecule has 1 atom stereocenters. The van der Waals surface area contributed by atoms with Crippen LogP contribution >= 0.6 is 11.3 Å². The van der Waals surface area contributed by atoms with Crippen molar-refractivity contribution in [1.82, 2.24) is 10.3 Å². The Morgan fingerprint density at radius 1 is 1.65 bits per heavy atom. The summed E-state index contributed by atoms with van der Waals surface area (Å²) in [6.07, 6.45) is 4.31. The molecule has 0 saturated carbocycles. The van der Waals surface area contributed by atoms with Crippen molar-refractivity contribution in [3.63, 3.8) is 0 Å². The van der Waals surface area contributed by atoms with Gasteiger partial charge in [0.1, 0.15) is 5.01 Å². The number of amides is 1. The minimum atomic E-state index is -0.212. The number of furan rings is 1. The van der Waals surface area contributed by atoms with Crippen LogP contribution in [0.25, 0.3) is 0 Å². The molecule has 1 amide bonds. The molecule has 1 N–H and O–H groups in total. The van der Waals surface area contributed by atoms with Gasteiger partial charge in [0, 0.05) is 11.1 Å². The SMILES string of the molecule is CCc1cnc(C(C)NC(=O)c2ccco2)s1. The highest BCUT2D eigenvalue weighted by Gasteiger charge is 2.15. The maximum atomic E-state index is 11.7. The van der Waals surface area contributed by atoms with Crippen LogP contribution in [-0.2, 0) is 6.42 Å². The summed E-state index contributed by atoms with van der Waals surface area (Å²) < 4.78 is 5.03. The molecule has 2 rings (SSSR count). The van der Waals surface area contributed by atoms with Crippen LogP contribution < -0.4 is 5.32 Å². The topological polar surface area (TPSA) is 55.1 Å². The first-order valence-corrected chi connectivity index (χ1v) is 6.31. The van der Waals surface area contributed by atoms with Crippen molar-refractivity contribution < 1.29 is 9.21 Å². The Balaban J connectivity index is 2.01. The number of carbonyl (C=O) groups excluding carboxylic acids is 1. The Morgan fingerprint density at radius 2 is 2.47 bits per heavy atom. The van der Waals surface area contributed by atoms with E-state index in [1.54, 1.807) is 23.5 Å². The highest BCUT2D eigenvalue weighted by atomic mass is 32.1. The lowest BCUT2D eigenvalue weighted by Gasteiger charge is -2.09. The van der Waals surface area contributed by atoms with Crippen molar-refractivity contribution in [2.24, 2.45) is 0 Å². The molecule has 4 nitrogen and oxygen atoms in total. The minimum Gasteiger partial charge on any atom is -0.459 e. The fourth-order valence-corrected chi connectivity index (χ4v) is 2.28. The summed E-state index contributed by atoms with van der Waals surface area (Å²) in [6, 6.07) is 3.23. The maximum absolute atomic E-state index is 11.7. The molecule has 0 fully saturated rings. The van der Waals surface area contributed by atoms with Crippen molar-refractivity contribution in [1.29, 1.82) is 0 Å². The van der Waals surface area contributed by atoms with E-state index in [0.717, 1.165) is 11.4 Å². The second-order valence-corrected chi connectivity index (χ2v) is 4.84. The second-order valence-electron chi connectivity index (χ2n) is 3.69. The third-order valence-electron chi connectivity index (χ3n) is 2.38. The lowest BCUT2D eigenvalue weighted by molar-refractivity contribution is 0.0912. The van der Waals surface area contributed by atoms with Crippen molar-refractivity contribution >= 4 is 17.2 Å². The third-order valence-corrected chi connectivity index (χ3v) is 3.71. The van der Waals surface area contributed by atoms with E-state index >= 15 is 0 Å². The molecule has 0 radical (unpaired) electrons. The van der Waals surface area contributed by atoms with Gasteiger partial charge in [0.05, 0.1) is 12.3 Å². The van der Waals surface area contributed by atoms with E-state index in [9.17, 15) is 4.79 Å². The summed E-state index contributed by atoms with van der Waals surface area (Å²) in [4.78, 5) is 17.3. The molecule has 17 heavy (non-hydrogen) atoms. The lowest BCUT2D eigenvalue weighted by Crippen LogP contribution is -2.26. The Hall–Kier alpha value is -1.62. The van der Waals surface area contributed by atoms with E-state index in [4.69, 9.17) is 4.42 Å². The molecule has 0 aliphatic heterocycles. The predicted molar refractivity (Wildman–Crippen MR) is 66.1 cm³/mol. The van der Waals surface area contributed by atoms with Gasteiger partial charge in [-0.1, -0.05) is 6.92 Å². The zero-order valence-corrected chi connectivity index (χ0v) is 10.6. The molecule has 2 heterocycles. The van der Waals surface area contributed by atoms with Crippen LogP contribution in [0.5, 0.6) is 0 Å². The van der Waals surface area contributed by atoms with E-state index in [2.05, 4.69) is 17.2 Å². The summed E-state index contributed by atoms with van der Waals surface area (Å²) >= 11 is 1.62. The molecule has 2 aromatic rings. The van der Waals surface area contributed by atoms with Crippen LogP contribution in [0.3, 0.4) is 0 Å². The largest absolute Gasteiger partial charge is 0.459 e. The lowest BCUT2D eigenvalue weighted by atomic mass is 10.3. The number of carbonyl (C=O) groups is 1. The van der Waals surface area contributed by atoms with Gasteiger partial charge >= 0.3 is 0 Å². The highest BCUT2D eigenvalue weighted by Crippen LogP contribution is 2.20. The molecule has 0 aromatic carbocycles. The van der Waals surface area contributed by atoms with Crippen molar-refractivity contribution in [2.75, 3.05) is 0 Å². The molecule has 0 aliphatic rings. The first-order chi connectivity index (χ1) is 8.20. The van der Waals surface area contributed by atoms with E-state index in [-0.39, 0.29) is 11.9 Å². The monoisotopic (exact) mass is 250 g/mol. The number of nitrogens with zero attached hydrogens (tertiary/aromatic N) is 1. The van der Waals surface area contributed by atoms with Crippen LogP contribution in [0.1, 0.15) is 40.3 Å². The fraction of sp³-hybridized carbons (Fsp3) is 0.333. The van der Waals surface area contributed by atoms with Crippen molar-refractivity contribution in [3.05, 3.63) is 40.2 Å². The van der Waals surface area contributed by atoms with E-state index in [1.165, 1.54) is 11.1 Å². The zero-order valence-electron chi connectivity index (χ0n) is 9.77. The first-order valence-electron chi connectivity index (χ1n) is 5.49. The normalized spacial score (nSPS) is 12.4.